The van der Waals surface area contributed by atoms with Crippen LogP contribution in [0, 0.1) is 20.8 Å². The summed E-state index contributed by atoms with van der Waals surface area (Å²) in [6.45, 7) is 6.73. The zero-order chi connectivity index (χ0) is 20.4. The van der Waals surface area contributed by atoms with Crippen LogP contribution in [0.15, 0.2) is 9.80 Å². The van der Waals surface area contributed by atoms with Crippen molar-refractivity contribution in [3.05, 3.63) is 39.2 Å². The minimum atomic E-state index is -0.613. The van der Waals surface area contributed by atoms with Gasteiger partial charge in [-0.05, 0) is 57.4 Å². The molecule has 1 fully saturated rings. The van der Waals surface area contributed by atoms with Crippen molar-refractivity contribution in [3.63, 3.8) is 0 Å². The summed E-state index contributed by atoms with van der Waals surface area (Å²) in [5.74, 6) is -0.139. The molecule has 0 spiro atoms. The lowest BCUT2D eigenvalue weighted by Crippen LogP contribution is -2.22. The molecule has 1 aliphatic rings. The molecule has 1 amide bonds. The Hall–Kier alpha value is -2.61. The van der Waals surface area contributed by atoms with Gasteiger partial charge in [0.15, 0.2) is 6.61 Å². The molecule has 0 atom stereocenters. The van der Waals surface area contributed by atoms with Gasteiger partial charge in [-0.25, -0.2) is 9.59 Å². The highest BCUT2D eigenvalue weighted by molar-refractivity contribution is 7.15. The van der Waals surface area contributed by atoms with Crippen molar-refractivity contribution in [1.82, 2.24) is 0 Å². The highest BCUT2D eigenvalue weighted by Gasteiger charge is 2.32. The Morgan fingerprint density at radius 2 is 1.79 bits per heavy atom. The molecule has 28 heavy (non-hydrogen) atoms. The SMILES string of the molecule is CCOC(=O)c1c(C2CC2)csc1NC(=O)COC(=O)c1c(C)oc(C)c1C. The molecule has 0 saturated heterocycles. The largest absolute Gasteiger partial charge is 0.465 e. The second-order valence-electron chi connectivity index (χ2n) is 6.73. The summed E-state index contributed by atoms with van der Waals surface area (Å²) in [7, 11) is 0. The van der Waals surface area contributed by atoms with Crippen molar-refractivity contribution in [3.8, 4) is 0 Å². The standard InChI is InChI=1S/C20H23NO6S/c1-5-25-20(24)17-14(13-6-7-13)9-28-18(17)21-15(22)8-26-19(23)16-10(2)11(3)27-12(16)4/h9,13H,5-8H2,1-4H3,(H,21,22). The molecule has 2 aromatic heterocycles. The lowest BCUT2D eigenvalue weighted by Gasteiger charge is -2.09. The van der Waals surface area contributed by atoms with Crippen molar-refractivity contribution in [2.75, 3.05) is 18.5 Å². The first kappa shape index (κ1) is 20.1. The summed E-state index contributed by atoms with van der Waals surface area (Å²) in [5, 5.41) is 4.98. The molecule has 0 aromatic carbocycles. The van der Waals surface area contributed by atoms with E-state index in [0.29, 0.717) is 39.1 Å². The molecule has 3 rings (SSSR count). The molecule has 2 aromatic rings. The number of aryl methyl sites for hydroxylation is 2. The maximum atomic E-state index is 12.3. The van der Waals surface area contributed by atoms with Crippen molar-refractivity contribution < 1.29 is 28.3 Å². The fourth-order valence-corrected chi connectivity index (χ4v) is 4.08. The van der Waals surface area contributed by atoms with Crippen LogP contribution < -0.4 is 5.32 Å². The van der Waals surface area contributed by atoms with E-state index in [-0.39, 0.29) is 6.61 Å². The van der Waals surface area contributed by atoms with Gasteiger partial charge in [0.05, 0.1) is 12.2 Å². The van der Waals surface area contributed by atoms with Crippen LogP contribution in [0.1, 0.15) is 69.0 Å². The molecule has 150 valence electrons. The van der Waals surface area contributed by atoms with Crippen molar-refractivity contribution in [2.24, 2.45) is 0 Å². The van der Waals surface area contributed by atoms with Gasteiger partial charge in [-0.3, -0.25) is 4.79 Å². The summed E-state index contributed by atoms with van der Waals surface area (Å²) in [4.78, 5) is 36.9. The van der Waals surface area contributed by atoms with Gasteiger partial charge in [-0.2, -0.15) is 0 Å². The number of amides is 1. The maximum Gasteiger partial charge on any atom is 0.342 e. The molecule has 0 unspecified atom stereocenters. The molecule has 7 nitrogen and oxygen atoms in total. The van der Waals surface area contributed by atoms with E-state index < -0.39 is 24.5 Å². The topological polar surface area (TPSA) is 94.8 Å². The van der Waals surface area contributed by atoms with Gasteiger partial charge in [-0.1, -0.05) is 0 Å². The van der Waals surface area contributed by atoms with E-state index in [1.807, 2.05) is 5.38 Å². The minimum Gasteiger partial charge on any atom is -0.465 e. The van der Waals surface area contributed by atoms with Crippen LogP contribution in [0.25, 0.3) is 0 Å². The Kier molecular flexibility index (Phi) is 5.88. The third kappa shape index (κ3) is 4.11. The van der Waals surface area contributed by atoms with Crippen LogP contribution in [-0.2, 0) is 14.3 Å². The Bertz CT molecular complexity index is 922. The number of hydrogen-bond donors (Lipinski definition) is 1. The molecule has 0 bridgehead atoms. The Labute approximate surface area is 167 Å². The lowest BCUT2D eigenvalue weighted by atomic mass is 10.1. The van der Waals surface area contributed by atoms with Gasteiger partial charge >= 0.3 is 11.9 Å². The van der Waals surface area contributed by atoms with Crippen LogP contribution in [0.4, 0.5) is 5.00 Å². The van der Waals surface area contributed by atoms with E-state index in [4.69, 9.17) is 13.9 Å². The number of esters is 2. The van der Waals surface area contributed by atoms with Gasteiger partial charge in [0.25, 0.3) is 5.91 Å². The van der Waals surface area contributed by atoms with E-state index >= 15 is 0 Å². The highest BCUT2D eigenvalue weighted by atomic mass is 32.1. The van der Waals surface area contributed by atoms with E-state index in [9.17, 15) is 14.4 Å². The first-order chi connectivity index (χ1) is 13.3. The molecule has 1 N–H and O–H groups in total. The van der Waals surface area contributed by atoms with E-state index in [0.717, 1.165) is 18.4 Å². The predicted octanol–water partition coefficient (Wildman–Crippen LogP) is 4.12. The normalized spacial score (nSPS) is 13.3. The average molecular weight is 405 g/mol. The van der Waals surface area contributed by atoms with Gasteiger partial charge in [0.2, 0.25) is 0 Å². The summed E-state index contributed by atoms with van der Waals surface area (Å²) in [6.07, 6.45) is 2.05. The molecule has 1 saturated carbocycles. The van der Waals surface area contributed by atoms with Gasteiger partial charge in [0, 0.05) is 5.56 Å². The van der Waals surface area contributed by atoms with Crippen LogP contribution in [0.3, 0.4) is 0 Å². The fraction of sp³-hybridized carbons (Fsp3) is 0.450. The number of hydrogen-bond acceptors (Lipinski definition) is 7. The first-order valence-electron chi connectivity index (χ1n) is 9.15. The Balaban J connectivity index is 1.66. The number of rotatable bonds is 7. The number of nitrogens with one attached hydrogen (secondary N) is 1. The highest BCUT2D eigenvalue weighted by Crippen LogP contribution is 2.46. The van der Waals surface area contributed by atoms with Crippen LogP contribution in [0.2, 0.25) is 0 Å². The number of carbonyl (C=O) groups is 3. The Morgan fingerprint density at radius 1 is 1.11 bits per heavy atom. The molecule has 0 aliphatic heterocycles. The first-order valence-corrected chi connectivity index (χ1v) is 10.0. The number of furan rings is 1. The van der Waals surface area contributed by atoms with E-state index in [1.165, 1.54) is 11.3 Å². The number of anilines is 1. The van der Waals surface area contributed by atoms with Gasteiger partial charge < -0.3 is 19.2 Å². The second-order valence-corrected chi connectivity index (χ2v) is 7.61. The number of carbonyl (C=O) groups excluding carboxylic acids is 3. The number of ether oxygens (including phenoxy) is 2. The quantitative estimate of drug-likeness (QED) is 0.697. The third-order valence-electron chi connectivity index (χ3n) is 4.67. The second kappa shape index (κ2) is 8.18. The number of thiophene rings is 1. The van der Waals surface area contributed by atoms with Crippen LogP contribution in [-0.4, -0.2) is 31.1 Å². The molecule has 8 heteroatoms. The maximum absolute atomic E-state index is 12.3. The monoisotopic (exact) mass is 405 g/mol. The van der Waals surface area contributed by atoms with Crippen LogP contribution in [0.5, 0.6) is 0 Å². The summed E-state index contributed by atoms with van der Waals surface area (Å²) in [6, 6.07) is 0. The summed E-state index contributed by atoms with van der Waals surface area (Å²) < 4.78 is 15.7. The minimum absolute atomic E-state index is 0.257. The third-order valence-corrected chi connectivity index (χ3v) is 5.58. The molecular weight excluding hydrogens is 382 g/mol. The van der Waals surface area contributed by atoms with Crippen molar-refractivity contribution in [2.45, 2.75) is 46.5 Å². The van der Waals surface area contributed by atoms with Gasteiger partial charge in [0.1, 0.15) is 22.1 Å². The van der Waals surface area contributed by atoms with E-state index in [2.05, 4.69) is 5.32 Å². The summed E-state index contributed by atoms with van der Waals surface area (Å²) >= 11 is 1.28. The predicted molar refractivity (Wildman–Crippen MR) is 104 cm³/mol. The molecule has 2 heterocycles. The molecule has 1 aliphatic carbocycles. The summed E-state index contributed by atoms with van der Waals surface area (Å²) in [5.41, 5.74) is 2.35. The molecular formula is C20H23NO6S. The van der Waals surface area contributed by atoms with Crippen molar-refractivity contribution >= 4 is 34.2 Å². The zero-order valence-corrected chi connectivity index (χ0v) is 17.2. The van der Waals surface area contributed by atoms with Crippen LogP contribution >= 0.6 is 11.3 Å². The van der Waals surface area contributed by atoms with E-state index in [1.54, 1.807) is 27.7 Å². The smallest absolute Gasteiger partial charge is 0.342 e. The van der Waals surface area contributed by atoms with Gasteiger partial charge in [-0.15, -0.1) is 11.3 Å². The zero-order valence-electron chi connectivity index (χ0n) is 16.3. The Morgan fingerprint density at radius 3 is 2.36 bits per heavy atom. The molecule has 0 radical (unpaired) electrons. The fourth-order valence-electron chi connectivity index (χ4n) is 3.03. The average Bonchev–Trinajstić information content (AvgIpc) is 3.35. The lowest BCUT2D eigenvalue weighted by molar-refractivity contribution is -0.119. The van der Waals surface area contributed by atoms with Crippen molar-refractivity contribution in [1.29, 1.82) is 0 Å².